The number of piperazine rings is 1. The van der Waals surface area contributed by atoms with Crippen LogP contribution in [0.3, 0.4) is 0 Å². The van der Waals surface area contributed by atoms with Crippen molar-refractivity contribution < 1.29 is 9.59 Å². The molecule has 0 aromatic rings. The van der Waals surface area contributed by atoms with Crippen LogP contribution in [0.2, 0.25) is 0 Å². The van der Waals surface area contributed by atoms with Gasteiger partial charge in [0, 0.05) is 51.1 Å². The predicted octanol–water partition coefficient (Wildman–Crippen LogP) is 1.34. The molecule has 2 atom stereocenters. The van der Waals surface area contributed by atoms with Crippen LogP contribution in [0, 0.1) is 23.7 Å². The Morgan fingerprint density at radius 3 is 2.09 bits per heavy atom. The minimum atomic E-state index is 0.174. The molecular formula is C18H31N3O2. The van der Waals surface area contributed by atoms with Crippen molar-refractivity contribution in [2.45, 2.75) is 39.5 Å². The summed E-state index contributed by atoms with van der Waals surface area (Å²) in [6.07, 6.45) is 4.88. The third kappa shape index (κ3) is 4.46. The molecule has 5 heteroatoms. The topological polar surface area (TPSA) is 52.7 Å². The third-order valence-electron chi connectivity index (χ3n) is 5.87. The summed E-state index contributed by atoms with van der Waals surface area (Å²) in [6.45, 7) is 9.27. The summed E-state index contributed by atoms with van der Waals surface area (Å²) < 4.78 is 0. The first-order valence-corrected chi connectivity index (χ1v) is 9.35. The van der Waals surface area contributed by atoms with Gasteiger partial charge in [0.1, 0.15) is 0 Å². The smallest absolute Gasteiger partial charge is 0.225 e. The van der Waals surface area contributed by atoms with E-state index in [4.69, 9.17) is 0 Å². The van der Waals surface area contributed by atoms with Crippen LogP contribution in [-0.4, -0.2) is 60.9 Å². The summed E-state index contributed by atoms with van der Waals surface area (Å²) in [4.78, 5) is 28.7. The monoisotopic (exact) mass is 321 g/mol. The fourth-order valence-corrected chi connectivity index (χ4v) is 3.59. The number of carbonyl (C=O) groups is 2. The number of carbonyl (C=O) groups excluding carboxylic acids is 2. The summed E-state index contributed by atoms with van der Waals surface area (Å²) in [5.41, 5.74) is 0. The summed E-state index contributed by atoms with van der Waals surface area (Å²) in [5.74, 6) is 2.21. The van der Waals surface area contributed by atoms with E-state index in [1.165, 1.54) is 25.7 Å². The van der Waals surface area contributed by atoms with Gasteiger partial charge in [0.2, 0.25) is 11.8 Å². The fourth-order valence-electron chi connectivity index (χ4n) is 3.59. The van der Waals surface area contributed by atoms with Crippen LogP contribution in [0.25, 0.3) is 0 Å². The maximum Gasteiger partial charge on any atom is 0.225 e. The molecule has 2 saturated carbocycles. The van der Waals surface area contributed by atoms with Gasteiger partial charge in [0.25, 0.3) is 0 Å². The molecule has 1 aliphatic heterocycles. The molecule has 1 heterocycles. The van der Waals surface area contributed by atoms with Crippen molar-refractivity contribution >= 4 is 11.8 Å². The van der Waals surface area contributed by atoms with E-state index in [2.05, 4.69) is 17.1 Å². The van der Waals surface area contributed by atoms with Crippen molar-refractivity contribution in [1.29, 1.82) is 0 Å². The van der Waals surface area contributed by atoms with Crippen molar-refractivity contribution in [3.05, 3.63) is 0 Å². The zero-order chi connectivity index (χ0) is 16.4. The maximum absolute atomic E-state index is 12.4. The Kier molecular flexibility index (Phi) is 5.24. The fraction of sp³-hybridized carbons (Fsp3) is 0.889. The lowest BCUT2D eigenvalue weighted by Gasteiger charge is -2.36. The molecule has 0 radical (unpaired) electrons. The van der Waals surface area contributed by atoms with Gasteiger partial charge in [-0.1, -0.05) is 13.8 Å². The molecule has 3 rings (SSSR count). The van der Waals surface area contributed by atoms with E-state index in [1.54, 1.807) is 0 Å². The molecule has 0 spiro atoms. The van der Waals surface area contributed by atoms with E-state index in [0.29, 0.717) is 17.7 Å². The lowest BCUT2D eigenvalue weighted by molar-refractivity contribution is -0.137. The first-order chi connectivity index (χ1) is 11.1. The van der Waals surface area contributed by atoms with E-state index in [-0.39, 0.29) is 17.7 Å². The molecule has 0 bridgehead atoms. The zero-order valence-electron chi connectivity index (χ0n) is 14.6. The standard InChI is InChI=1S/C18H31N3O2/c1-13(15-3-4-15)17(22)19-7-8-20-9-11-21(12-10-20)18(23)14(2)16-5-6-16/h13-16H,3-12H2,1-2H3,(H,19,22)/t13-,14+/m0/s1. The van der Waals surface area contributed by atoms with Crippen molar-refractivity contribution in [2.75, 3.05) is 39.3 Å². The normalized spacial score (nSPS) is 25.0. The van der Waals surface area contributed by atoms with E-state index >= 15 is 0 Å². The van der Waals surface area contributed by atoms with Crippen LogP contribution < -0.4 is 5.32 Å². The van der Waals surface area contributed by atoms with Crippen LogP contribution in [0.4, 0.5) is 0 Å². The second-order valence-electron chi connectivity index (χ2n) is 7.71. The highest BCUT2D eigenvalue weighted by Crippen LogP contribution is 2.37. The molecule has 1 saturated heterocycles. The van der Waals surface area contributed by atoms with Crippen LogP contribution in [-0.2, 0) is 9.59 Å². The van der Waals surface area contributed by atoms with Crippen molar-refractivity contribution in [2.24, 2.45) is 23.7 Å². The number of hydrogen-bond acceptors (Lipinski definition) is 3. The molecule has 3 aliphatic rings. The van der Waals surface area contributed by atoms with E-state index < -0.39 is 0 Å². The maximum atomic E-state index is 12.4. The third-order valence-corrected chi connectivity index (χ3v) is 5.87. The first kappa shape index (κ1) is 16.7. The lowest BCUT2D eigenvalue weighted by atomic mass is 10.0. The predicted molar refractivity (Wildman–Crippen MR) is 89.8 cm³/mol. The summed E-state index contributed by atoms with van der Waals surface area (Å²) in [5, 5.41) is 3.07. The second-order valence-corrected chi connectivity index (χ2v) is 7.71. The molecule has 0 unspecified atom stereocenters. The molecule has 130 valence electrons. The number of hydrogen-bond donors (Lipinski definition) is 1. The molecule has 0 aromatic carbocycles. The summed E-state index contributed by atoms with van der Waals surface area (Å²) >= 11 is 0. The SMILES string of the molecule is C[C@H](C(=O)NCCN1CCN(C(=O)[C@H](C)C2CC2)CC1)C1CC1. The van der Waals surface area contributed by atoms with Gasteiger partial charge in [-0.15, -0.1) is 0 Å². The highest BCUT2D eigenvalue weighted by atomic mass is 16.2. The highest BCUT2D eigenvalue weighted by Gasteiger charge is 2.36. The minimum Gasteiger partial charge on any atom is -0.355 e. The Balaban J connectivity index is 1.31. The average molecular weight is 321 g/mol. The Hall–Kier alpha value is -1.10. The van der Waals surface area contributed by atoms with Gasteiger partial charge in [-0.3, -0.25) is 14.5 Å². The van der Waals surface area contributed by atoms with Gasteiger partial charge in [0.05, 0.1) is 0 Å². The first-order valence-electron chi connectivity index (χ1n) is 9.35. The Bertz CT molecular complexity index is 435. The average Bonchev–Trinajstić information content (AvgIpc) is 3.45. The number of rotatable bonds is 7. The largest absolute Gasteiger partial charge is 0.355 e. The number of nitrogens with zero attached hydrogens (tertiary/aromatic N) is 2. The zero-order valence-corrected chi connectivity index (χ0v) is 14.6. The molecule has 2 amide bonds. The Labute approximate surface area is 139 Å². The lowest BCUT2D eigenvalue weighted by Crippen LogP contribution is -2.51. The van der Waals surface area contributed by atoms with Crippen molar-refractivity contribution in [1.82, 2.24) is 15.1 Å². The van der Waals surface area contributed by atoms with Gasteiger partial charge in [-0.25, -0.2) is 0 Å². The molecule has 2 aliphatic carbocycles. The van der Waals surface area contributed by atoms with Crippen LogP contribution >= 0.6 is 0 Å². The quantitative estimate of drug-likeness (QED) is 0.770. The van der Waals surface area contributed by atoms with Crippen LogP contribution in [0.1, 0.15) is 39.5 Å². The minimum absolute atomic E-state index is 0.174. The Morgan fingerprint density at radius 2 is 1.52 bits per heavy atom. The summed E-state index contributed by atoms with van der Waals surface area (Å²) in [7, 11) is 0. The molecule has 0 aromatic heterocycles. The molecule has 3 fully saturated rings. The molecule has 5 nitrogen and oxygen atoms in total. The van der Waals surface area contributed by atoms with Gasteiger partial charge in [-0.05, 0) is 37.5 Å². The second kappa shape index (κ2) is 7.20. The number of nitrogens with one attached hydrogen (secondary N) is 1. The van der Waals surface area contributed by atoms with Gasteiger partial charge < -0.3 is 10.2 Å². The Morgan fingerprint density at radius 1 is 0.957 bits per heavy atom. The van der Waals surface area contributed by atoms with E-state index in [1.807, 2.05) is 11.8 Å². The summed E-state index contributed by atoms with van der Waals surface area (Å²) in [6, 6.07) is 0. The number of amides is 2. The van der Waals surface area contributed by atoms with Gasteiger partial charge >= 0.3 is 0 Å². The van der Waals surface area contributed by atoms with Gasteiger partial charge in [0.15, 0.2) is 0 Å². The van der Waals surface area contributed by atoms with E-state index in [0.717, 1.165) is 39.3 Å². The van der Waals surface area contributed by atoms with Crippen molar-refractivity contribution in [3.63, 3.8) is 0 Å². The highest BCUT2D eigenvalue weighted by molar-refractivity contribution is 5.79. The van der Waals surface area contributed by atoms with E-state index in [9.17, 15) is 9.59 Å². The molecular weight excluding hydrogens is 290 g/mol. The van der Waals surface area contributed by atoms with Crippen LogP contribution in [0.15, 0.2) is 0 Å². The molecule has 23 heavy (non-hydrogen) atoms. The molecule has 1 N–H and O–H groups in total. The van der Waals surface area contributed by atoms with Crippen LogP contribution in [0.5, 0.6) is 0 Å². The van der Waals surface area contributed by atoms with Crippen molar-refractivity contribution in [3.8, 4) is 0 Å². The van der Waals surface area contributed by atoms with Gasteiger partial charge in [-0.2, -0.15) is 0 Å².